The molecule has 0 aliphatic carbocycles. The van der Waals surface area contributed by atoms with E-state index in [0.717, 1.165) is 30.9 Å². The first-order valence-electron chi connectivity index (χ1n) is 8.38. The average Bonchev–Trinajstić information content (AvgIpc) is 2.85. The predicted octanol–water partition coefficient (Wildman–Crippen LogP) is 1.00. The van der Waals surface area contributed by atoms with Crippen LogP contribution in [0.3, 0.4) is 0 Å². The number of halogens is 1. The lowest BCUT2D eigenvalue weighted by atomic mass is 10.4. The molecule has 0 saturated heterocycles. The predicted molar refractivity (Wildman–Crippen MR) is 113 cm³/mol. The van der Waals surface area contributed by atoms with Crippen LogP contribution in [0.25, 0.3) is 0 Å². The molecule has 1 aromatic heterocycles. The van der Waals surface area contributed by atoms with E-state index in [4.69, 9.17) is 0 Å². The normalized spacial score (nSPS) is 11.9. The summed E-state index contributed by atoms with van der Waals surface area (Å²) in [6, 6.07) is 2.06. The van der Waals surface area contributed by atoms with Gasteiger partial charge in [-0.25, -0.2) is 13.1 Å². The number of aryl methyl sites for hydroxylation is 3. The summed E-state index contributed by atoms with van der Waals surface area (Å²) in [5.41, 5.74) is 2.19. The zero-order valence-corrected chi connectivity index (χ0v) is 18.6. The van der Waals surface area contributed by atoms with Gasteiger partial charge in [0, 0.05) is 38.4 Å². The fraction of sp³-hybridized carbons (Fsp3) is 0.733. The van der Waals surface area contributed by atoms with Crippen molar-refractivity contribution in [3.05, 3.63) is 17.5 Å². The van der Waals surface area contributed by atoms with Gasteiger partial charge in [0.1, 0.15) is 0 Å². The van der Waals surface area contributed by atoms with Crippen LogP contribution < -0.4 is 15.4 Å². The van der Waals surface area contributed by atoms with Crippen LogP contribution in [0.15, 0.2) is 11.1 Å². The van der Waals surface area contributed by atoms with E-state index in [0.29, 0.717) is 25.6 Å². The molecule has 0 unspecified atom stereocenters. The molecule has 0 amide bonds. The minimum absolute atomic E-state index is 0. The highest BCUT2D eigenvalue weighted by Crippen LogP contribution is 2.02. The van der Waals surface area contributed by atoms with E-state index < -0.39 is 10.0 Å². The van der Waals surface area contributed by atoms with E-state index in [-0.39, 0.29) is 29.7 Å². The summed E-state index contributed by atoms with van der Waals surface area (Å²) in [6.45, 7) is 10.7. The molecule has 1 rings (SSSR count). The number of guanidine groups is 1. The van der Waals surface area contributed by atoms with Gasteiger partial charge in [-0.15, -0.1) is 24.0 Å². The van der Waals surface area contributed by atoms with Crippen molar-refractivity contribution in [3.8, 4) is 0 Å². The van der Waals surface area contributed by atoms with Crippen molar-refractivity contribution in [1.29, 1.82) is 0 Å². The third kappa shape index (κ3) is 10.00. The van der Waals surface area contributed by atoms with E-state index in [9.17, 15) is 8.42 Å². The molecule has 0 radical (unpaired) electrons. The van der Waals surface area contributed by atoms with Crippen LogP contribution in [0.5, 0.6) is 0 Å². The Bertz CT molecular complexity index is 630. The zero-order valence-electron chi connectivity index (χ0n) is 15.5. The molecule has 1 heterocycles. The van der Waals surface area contributed by atoms with Gasteiger partial charge in [-0.2, -0.15) is 5.10 Å². The molecule has 146 valence electrons. The van der Waals surface area contributed by atoms with Gasteiger partial charge < -0.3 is 10.6 Å². The summed E-state index contributed by atoms with van der Waals surface area (Å²) >= 11 is 0. The maximum atomic E-state index is 11.4. The zero-order chi connectivity index (χ0) is 18.0. The van der Waals surface area contributed by atoms with Crippen LogP contribution >= 0.6 is 24.0 Å². The van der Waals surface area contributed by atoms with Gasteiger partial charge in [-0.1, -0.05) is 0 Å². The van der Waals surface area contributed by atoms with Gasteiger partial charge in [0.25, 0.3) is 0 Å². The van der Waals surface area contributed by atoms with E-state index in [2.05, 4.69) is 31.5 Å². The Morgan fingerprint density at radius 1 is 1.24 bits per heavy atom. The number of aliphatic imine (C=N–C) groups is 1. The molecular formula is C15H31IN6O2S. The van der Waals surface area contributed by atoms with Crippen molar-refractivity contribution in [1.82, 2.24) is 25.1 Å². The molecule has 0 aliphatic rings. The van der Waals surface area contributed by atoms with Gasteiger partial charge in [-0.05, 0) is 40.2 Å². The molecule has 25 heavy (non-hydrogen) atoms. The van der Waals surface area contributed by atoms with E-state index in [1.807, 2.05) is 25.5 Å². The van der Waals surface area contributed by atoms with Crippen LogP contribution in [0.4, 0.5) is 0 Å². The van der Waals surface area contributed by atoms with Crippen molar-refractivity contribution < 1.29 is 8.42 Å². The number of sulfonamides is 1. The first kappa shape index (κ1) is 24.1. The highest BCUT2D eigenvalue weighted by atomic mass is 127. The molecule has 0 atom stereocenters. The molecule has 0 bridgehead atoms. The summed E-state index contributed by atoms with van der Waals surface area (Å²) in [6.07, 6.45) is 0.890. The Morgan fingerprint density at radius 3 is 2.52 bits per heavy atom. The second-order valence-corrected chi connectivity index (χ2v) is 7.58. The first-order chi connectivity index (χ1) is 11.4. The maximum absolute atomic E-state index is 11.4. The summed E-state index contributed by atoms with van der Waals surface area (Å²) in [7, 11) is -3.14. The fourth-order valence-electron chi connectivity index (χ4n) is 2.14. The molecular weight excluding hydrogens is 455 g/mol. The van der Waals surface area contributed by atoms with Gasteiger partial charge in [0.2, 0.25) is 10.0 Å². The number of hydrogen-bond acceptors (Lipinski definition) is 4. The third-order valence-electron chi connectivity index (χ3n) is 3.36. The number of rotatable bonds is 10. The van der Waals surface area contributed by atoms with Gasteiger partial charge in [0.15, 0.2) is 5.96 Å². The van der Waals surface area contributed by atoms with Crippen LogP contribution in [0, 0.1) is 13.8 Å². The number of hydrogen-bond donors (Lipinski definition) is 3. The lowest BCUT2D eigenvalue weighted by Gasteiger charge is -2.12. The van der Waals surface area contributed by atoms with Gasteiger partial charge in [0.05, 0.1) is 11.4 Å². The molecule has 10 heteroatoms. The van der Waals surface area contributed by atoms with Gasteiger partial charge >= 0.3 is 0 Å². The standard InChI is InChI=1S/C15H30N6O2S.HI/c1-5-16-15(18-9-10-19-24(22,23)6-2)17-8-7-11-21-14(4)12-13(3)20-21;/h12,19H,5-11H2,1-4H3,(H2,16,17,18);1H. The van der Waals surface area contributed by atoms with Gasteiger partial charge in [-0.3, -0.25) is 9.67 Å². The summed E-state index contributed by atoms with van der Waals surface area (Å²) in [4.78, 5) is 4.50. The molecule has 0 aliphatic heterocycles. The monoisotopic (exact) mass is 486 g/mol. The molecule has 0 aromatic carbocycles. The fourth-order valence-corrected chi connectivity index (χ4v) is 2.76. The Balaban J connectivity index is 0.00000576. The molecule has 1 aromatic rings. The summed E-state index contributed by atoms with van der Waals surface area (Å²) < 4.78 is 27.2. The SMILES string of the molecule is CCNC(=NCCCn1nc(C)cc1C)NCCNS(=O)(=O)CC.I. The lowest BCUT2D eigenvalue weighted by molar-refractivity contribution is 0.566. The van der Waals surface area contributed by atoms with Crippen LogP contribution in [-0.2, 0) is 16.6 Å². The van der Waals surface area contributed by atoms with Crippen molar-refractivity contribution >= 4 is 40.0 Å². The average molecular weight is 486 g/mol. The van der Waals surface area contributed by atoms with Crippen molar-refractivity contribution in [3.63, 3.8) is 0 Å². The van der Waals surface area contributed by atoms with E-state index >= 15 is 0 Å². The van der Waals surface area contributed by atoms with E-state index in [1.54, 1.807) is 6.92 Å². The number of aromatic nitrogens is 2. The Labute approximate surface area is 168 Å². The summed E-state index contributed by atoms with van der Waals surface area (Å²) in [5.74, 6) is 0.787. The Morgan fingerprint density at radius 2 is 1.96 bits per heavy atom. The van der Waals surface area contributed by atoms with E-state index in [1.165, 1.54) is 0 Å². The van der Waals surface area contributed by atoms with Crippen molar-refractivity contribution in [2.75, 3.05) is 31.9 Å². The smallest absolute Gasteiger partial charge is 0.211 e. The highest BCUT2D eigenvalue weighted by molar-refractivity contribution is 14.0. The molecule has 0 spiro atoms. The Hall–Kier alpha value is -0.880. The first-order valence-corrected chi connectivity index (χ1v) is 10.0. The van der Waals surface area contributed by atoms with Crippen molar-refractivity contribution in [2.24, 2.45) is 4.99 Å². The molecule has 3 N–H and O–H groups in total. The van der Waals surface area contributed by atoms with Crippen LogP contribution in [0.2, 0.25) is 0 Å². The largest absolute Gasteiger partial charge is 0.357 e. The minimum Gasteiger partial charge on any atom is -0.357 e. The number of nitrogens with zero attached hydrogens (tertiary/aromatic N) is 3. The molecule has 0 saturated carbocycles. The molecule has 8 nitrogen and oxygen atoms in total. The topological polar surface area (TPSA) is 100 Å². The molecule has 0 fully saturated rings. The minimum atomic E-state index is -3.14. The second-order valence-electron chi connectivity index (χ2n) is 5.49. The highest BCUT2D eigenvalue weighted by Gasteiger charge is 2.05. The maximum Gasteiger partial charge on any atom is 0.211 e. The Kier molecular flexibility index (Phi) is 12.0. The van der Waals surface area contributed by atoms with Crippen molar-refractivity contribution in [2.45, 2.75) is 40.7 Å². The quantitative estimate of drug-likeness (QED) is 0.198. The second kappa shape index (κ2) is 12.5. The van der Waals surface area contributed by atoms with Crippen LogP contribution in [-0.4, -0.2) is 56.1 Å². The van der Waals surface area contributed by atoms with Crippen LogP contribution in [0.1, 0.15) is 31.7 Å². The summed E-state index contributed by atoms with van der Waals surface area (Å²) in [5, 5.41) is 10.7. The third-order valence-corrected chi connectivity index (χ3v) is 4.77. The number of nitrogens with one attached hydrogen (secondary N) is 3. The lowest BCUT2D eigenvalue weighted by Crippen LogP contribution is -2.41.